The zero-order valence-electron chi connectivity index (χ0n) is 17.5. The van der Waals surface area contributed by atoms with E-state index >= 15 is 0 Å². The van der Waals surface area contributed by atoms with E-state index in [2.05, 4.69) is 27.5 Å². The van der Waals surface area contributed by atoms with Gasteiger partial charge in [-0.3, -0.25) is 5.32 Å². The van der Waals surface area contributed by atoms with Crippen LogP contribution in [0.3, 0.4) is 0 Å². The molecule has 7 nitrogen and oxygen atoms in total. The first kappa shape index (κ1) is 20.5. The van der Waals surface area contributed by atoms with Crippen LogP contribution in [0.4, 0.5) is 15.3 Å². The van der Waals surface area contributed by atoms with E-state index in [-0.39, 0.29) is 5.82 Å². The number of nitrogens with one attached hydrogen (secondary N) is 2. The number of thiazole rings is 1. The Balaban J connectivity index is 1.75. The smallest absolute Gasteiger partial charge is 0.271 e. The van der Waals surface area contributed by atoms with E-state index in [0.717, 1.165) is 58.2 Å². The molecule has 0 aliphatic heterocycles. The largest absolute Gasteiger partial charge is 0.373 e. The Bertz CT molecular complexity index is 1260. The highest BCUT2D eigenvalue weighted by Gasteiger charge is 2.29. The Labute approximate surface area is 189 Å². The van der Waals surface area contributed by atoms with Crippen molar-refractivity contribution < 1.29 is 9.50 Å². The first-order valence-electron chi connectivity index (χ1n) is 10.3. The zero-order valence-corrected chi connectivity index (χ0v) is 18.3. The first-order chi connectivity index (χ1) is 15.5. The van der Waals surface area contributed by atoms with Gasteiger partial charge in [-0.1, -0.05) is 23.5 Å². The van der Waals surface area contributed by atoms with Crippen LogP contribution in [0.25, 0.3) is 27.5 Å². The first-order valence-corrected chi connectivity index (χ1v) is 11.2. The topological polar surface area (TPSA) is 87.9 Å². The van der Waals surface area contributed by atoms with E-state index in [4.69, 9.17) is 5.10 Å². The summed E-state index contributed by atoms with van der Waals surface area (Å²) in [4.78, 5) is 10.0. The lowest BCUT2D eigenvalue weighted by Crippen LogP contribution is -2.13. The predicted molar refractivity (Wildman–Crippen MR) is 124 cm³/mol. The lowest BCUT2D eigenvalue weighted by atomic mass is 10.0. The van der Waals surface area contributed by atoms with E-state index in [1.165, 1.54) is 17.4 Å². The molecule has 5 rings (SSSR count). The van der Waals surface area contributed by atoms with Crippen molar-refractivity contribution in [2.75, 3.05) is 17.7 Å². The number of nitrogens with zero attached hydrogens (tertiary/aromatic N) is 4. The summed E-state index contributed by atoms with van der Waals surface area (Å²) in [7, 11) is 1.82. The van der Waals surface area contributed by atoms with Crippen LogP contribution in [0.1, 0.15) is 17.7 Å². The summed E-state index contributed by atoms with van der Waals surface area (Å²) in [6.45, 7) is 3.57. The highest BCUT2D eigenvalue weighted by Crippen LogP contribution is 2.43. The van der Waals surface area contributed by atoms with Gasteiger partial charge in [0.15, 0.2) is 5.13 Å². The lowest BCUT2D eigenvalue weighted by Gasteiger charge is -2.08. The molecular weight excluding hydrogens is 427 g/mol. The molecule has 1 unspecified atom stereocenters. The maximum atomic E-state index is 14.9. The van der Waals surface area contributed by atoms with Gasteiger partial charge in [0.05, 0.1) is 22.0 Å². The summed E-state index contributed by atoms with van der Waals surface area (Å²) in [5.41, 5.74) is 4.81. The van der Waals surface area contributed by atoms with Gasteiger partial charge in [0, 0.05) is 24.4 Å². The Morgan fingerprint density at radius 1 is 1.22 bits per heavy atom. The number of hydrogen-bond acceptors (Lipinski definition) is 7. The van der Waals surface area contributed by atoms with Gasteiger partial charge >= 0.3 is 0 Å². The molecule has 3 N–H and O–H groups in total. The fraction of sp³-hybridized carbons (Fsp3) is 0.217. The molecule has 1 aliphatic rings. The summed E-state index contributed by atoms with van der Waals surface area (Å²) >= 11 is 1.42. The van der Waals surface area contributed by atoms with Crippen LogP contribution < -0.4 is 10.6 Å². The number of aliphatic hydroxyl groups excluding tert-OH is 1. The Kier molecular flexibility index (Phi) is 5.28. The Morgan fingerprint density at radius 3 is 2.78 bits per heavy atom. The highest BCUT2D eigenvalue weighted by atomic mass is 32.1. The minimum absolute atomic E-state index is 0.352. The van der Waals surface area contributed by atoms with Gasteiger partial charge in [0.1, 0.15) is 24.2 Å². The number of aliphatic hydroxyl groups is 1. The monoisotopic (exact) mass is 449 g/mol. The number of anilines is 2. The second-order valence-electron chi connectivity index (χ2n) is 7.53. The van der Waals surface area contributed by atoms with Crippen LogP contribution >= 0.6 is 11.3 Å². The molecule has 9 heteroatoms. The number of para-hydroxylation sites is 1. The summed E-state index contributed by atoms with van der Waals surface area (Å²) in [6.07, 6.45) is 3.27. The van der Waals surface area contributed by atoms with E-state index in [1.54, 1.807) is 29.1 Å². The van der Waals surface area contributed by atoms with Crippen molar-refractivity contribution in [2.24, 2.45) is 0 Å². The average Bonchev–Trinajstić information content (AvgIpc) is 3.30. The molecule has 3 heterocycles. The molecule has 0 spiro atoms. The fourth-order valence-corrected chi connectivity index (χ4v) is 5.09. The lowest BCUT2D eigenvalue weighted by molar-refractivity contribution is 0.250. The SMILES string of the molecule is [CH2+]C(O)Nc1nc2c(s1)-c1c(c(-c3ccc(NC)nc3)nn1-c1ccccc1F)CCC2. The van der Waals surface area contributed by atoms with Gasteiger partial charge < -0.3 is 10.4 Å². The summed E-state index contributed by atoms with van der Waals surface area (Å²) in [5.74, 6) is 0.412. The third-order valence-corrected chi connectivity index (χ3v) is 6.44. The van der Waals surface area contributed by atoms with Crippen LogP contribution in [0, 0.1) is 12.7 Å². The van der Waals surface area contributed by atoms with Crippen molar-refractivity contribution in [3.8, 4) is 27.5 Å². The van der Waals surface area contributed by atoms with E-state index in [9.17, 15) is 9.50 Å². The zero-order chi connectivity index (χ0) is 22.2. The van der Waals surface area contributed by atoms with Gasteiger partial charge in [-0.05, 0) is 43.5 Å². The van der Waals surface area contributed by atoms with E-state index in [0.29, 0.717) is 10.8 Å². The molecule has 32 heavy (non-hydrogen) atoms. The summed E-state index contributed by atoms with van der Waals surface area (Å²) in [5, 5.41) is 21.0. The molecule has 1 atom stereocenters. The van der Waals surface area contributed by atoms with Gasteiger partial charge in [0.2, 0.25) is 0 Å². The average molecular weight is 450 g/mol. The van der Waals surface area contributed by atoms with Crippen LogP contribution in [-0.2, 0) is 12.8 Å². The van der Waals surface area contributed by atoms with Crippen LogP contribution in [0.2, 0.25) is 0 Å². The van der Waals surface area contributed by atoms with Crippen molar-refractivity contribution in [2.45, 2.75) is 25.5 Å². The number of aromatic nitrogens is 4. The third-order valence-electron chi connectivity index (χ3n) is 5.40. The number of rotatable bonds is 5. The second-order valence-corrected chi connectivity index (χ2v) is 8.53. The van der Waals surface area contributed by atoms with Crippen molar-refractivity contribution in [1.29, 1.82) is 0 Å². The highest BCUT2D eigenvalue weighted by molar-refractivity contribution is 7.19. The van der Waals surface area contributed by atoms with Crippen molar-refractivity contribution in [3.63, 3.8) is 0 Å². The minimum atomic E-state index is -0.965. The number of aryl methyl sites for hydroxylation is 1. The van der Waals surface area contributed by atoms with E-state index in [1.807, 2.05) is 19.2 Å². The molecule has 0 saturated carbocycles. The predicted octanol–water partition coefficient (Wildman–Crippen LogP) is 4.29. The van der Waals surface area contributed by atoms with Crippen molar-refractivity contribution >= 4 is 22.3 Å². The van der Waals surface area contributed by atoms with Crippen molar-refractivity contribution in [1.82, 2.24) is 19.7 Å². The van der Waals surface area contributed by atoms with Gasteiger partial charge in [0.25, 0.3) is 6.23 Å². The normalized spacial score (nSPS) is 13.7. The summed E-state index contributed by atoms with van der Waals surface area (Å²) < 4.78 is 16.5. The number of benzene rings is 1. The van der Waals surface area contributed by atoms with Crippen LogP contribution in [0.15, 0.2) is 42.6 Å². The van der Waals surface area contributed by atoms with Gasteiger partial charge in [-0.25, -0.2) is 19.0 Å². The molecule has 0 bridgehead atoms. The molecule has 0 saturated heterocycles. The number of halogens is 1. The molecule has 4 aromatic rings. The van der Waals surface area contributed by atoms with Gasteiger partial charge in [-0.15, -0.1) is 0 Å². The molecule has 162 valence electrons. The minimum Gasteiger partial charge on any atom is -0.373 e. The Hall–Kier alpha value is -3.43. The van der Waals surface area contributed by atoms with Gasteiger partial charge in [-0.2, -0.15) is 5.10 Å². The molecule has 0 fully saturated rings. The van der Waals surface area contributed by atoms with Crippen LogP contribution in [0.5, 0.6) is 0 Å². The molecule has 1 aliphatic carbocycles. The van der Waals surface area contributed by atoms with Crippen LogP contribution in [-0.4, -0.2) is 38.1 Å². The second kappa shape index (κ2) is 8.25. The molecule has 0 amide bonds. The number of hydrogen-bond donors (Lipinski definition) is 3. The molecule has 3 aromatic heterocycles. The molecular formula is C23H22FN6OS+. The maximum absolute atomic E-state index is 14.9. The molecule has 0 radical (unpaired) electrons. The third kappa shape index (κ3) is 3.59. The standard InChI is InChI=1S/C23H22FN6OS/c1-13(31)27-23-28-17-8-5-6-15-20(14-10-11-19(25-2)26-12-14)29-30(21(15)22(17)32-23)18-9-4-3-7-16(18)24/h3-4,7,9-13,31H,1,5-6,8H2,2H3,(H,25,26)(H,27,28)/q+1. The Morgan fingerprint density at radius 2 is 2.06 bits per heavy atom. The van der Waals surface area contributed by atoms with E-state index < -0.39 is 6.23 Å². The number of fused-ring (bicyclic) bond motifs is 3. The maximum Gasteiger partial charge on any atom is 0.271 e. The quantitative estimate of drug-likeness (QED) is 0.311. The van der Waals surface area contributed by atoms with Crippen molar-refractivity contribution in [3.05, 3.63) is 66.6 Å². The molecule has 1 aromatic carbocycles. The number of pyridine rings is 1. The summed E-state index contributed by atoms with van der Waals surface area (Å²) in [6, 6.07) is 10.5. The fourth-order valence-electron chi connectivity index (χ4n) is 3.98.